The van der Waals surface area contributed by atoms with E-state index < -0.39 is 98.5 Å². The molecule has 56 heavy (non-hydrogen) atoms. The Morgan fingerprint density at radius 1 is 0.482 bits per heavy atom. The highest BCUT2D eigenvalue weighted by Crippen LogP contribution is 2.33. The smallest absolute Gasteiger partial charge is 0.338 e. The molecule has 6 rings (SSSR count). The van der Waals surface area contributed by atoms with Crippen LogP contribution in [-0.4, -0.2) is 121 Å². The lowest BCUT2D eigenvalue weighted by Gasteiger charge is -2.45. The number of methoxy groups -OCH3 is 1. The predicted octanol–water partition coefficient (Wildman–Crippen LogP) is 2.72. The van der Waals surface area contributed by atoms with Crippen molar-refractivity contribution in [2.24, 2.45) is 0 Å². The zero-order chi connectivity index (χ0) is 39.6. The van der Waals surface area contributed by atoms with E-state index in [9.17, 15) is 34.5 Å². The summed E-state index contributed by atoms with van der Waals surface area (Å²) in [5.74, 6) is -3.43. The van der Waals surface area contributed by atoms with Crippen molar-refractivity contribution in [3.05, 3.63) is 144 Å². The molecule has 3 N–H and O–H groups in total. The summed E-state index contributed by atoms with van der Waals surface area (Å²) in [7, 11) is 1.23. The molecule has 0 bridgehead atoms. The summed E-state index contributed by atoms with van der Waals surface area (Å²) in [6, 6.07) is 31.7. The highest BCUT2D eigenvalue weighted by molar-refractivity contribution is 5.91. The van der Waals surface area contributed by atoms with Crippen LogP contribution in [0.5, 0.6) is 0 Å². The van der Waals surface area contributed by atoms with Crippen molar-refractivity contribution in [2.45, 2.75) is 61.4 Å². The van der Waals surface area contributed by atoms with Crippen LogP contribution in [0.2, 0.25) is 0 Å². The highest BCUT2D eigenvalue weighted by atomic mass is 16.7. The second kappa shape index (κ2) is 18.9. The molecule has 10 atom stereocenters. The van der Waals surface area contributed by atoms with Crippen LogP contribution in [0.1, 0.15) is 41.4 Å². The first-order valence-electron chi connectivity index (χ1n) is 17.6. The third kappa shape index (κ3) is 9.64. The third-order valence-corrected chi connectivity index (χ3v) is 9.06. The molecule has 2 aliphatic heterocycles. The van der Waals surface area contributed by atoms with Gasteiger partial charge in [-0.3, -0.25) is 0 Å². The number of aliphatic hydroxyl groups excluding tert-OH is 3. The molecule has 0 amide bonds. The van der Waals surface area contributed by atoms with Gasteiger partial charge in [-0.1, -0.05) is 72.8 Å². The normalized spacial score (nSPS) is 27.4. The van der Waals surface area contributed by atoms with Crippen molar-refractivity contribution in [1.82, 2.24) is 0 Å². The molecular weight excluding hydrogens is 732 g/mol. The molecule has 4 aromatic rings. The fourth-order valence-corrected chi connectivity index (χ4v) is 6.10. The SMILES string of the molecule is CO[C@@H]1O[C@H](CO[C@H]2O[C@H](COC(=O)c3ccccc3)[C@@H](OC(=O)c3ccccc3)[C@H](OC(=O)c3ccccc3)[C@@H]2OC(=O)c2ccccc2)[C@H](O)[C@H](O)[C@H]1O. The average molecular weight is 773 g/mol. The van der Waals surface area contributed by atoms with Crippen LogP contribution in [0.15, 0.2) is 121 Å². The minimum Gasteiger partial charge on any atom is -0.459 e. The molecule has 15 heteroatoms. The van der Waals surface area contributed by atoms with Crippen LogP contribution in [-0.2, 0) is 37.9 Å². The Hall–Kier alpha value is -5.52. The van der Waals surface area contributed by atoms with Gasteiger partial charge >= 0.3 is 23.9 Å². The second-order valence-corrected chi connectivity index (χ2v) is 12.8. The standard InChI is InChI=1S/C41H40O15/c1-49-40-32(44)31(43)30(42)28(52-40)22-51-41-35(56-39(48)27-20-12-5-13-21-27)34(55-38(47)26-18-10-4-11-19-26)33(54-37(46)25-16-8-3-9-17-25)29(53-41)23-50-36(45)24-14-6-2-7-15-24/h2-21,28-35,40-44H,22-23H2,1H3/t28-,29-,30+,31+,32-,33-,34+,35+,40-,41+/m1/s1. The second-order valence-electron chi connectivity index (χ2n) is 12.8. The first-order chi connectivity index (χ1) is 27.1. The van der Waals surface area contributed by atoms with Crippen LogP contribution in [0.4, 0.5) is 0 Å². The monoisotopic (exact) mass is 772 g/mol. The predicted molar refractivity (Wildman–Crippen MR) is 192 cm³/mol. The van der Waals surface area contributed by atoms with Gasteiger partial charge in [0.1, 0.15) is 37.1 Å². The lowest BCUT2D eigenvalue weighted by molar-refractivity contribution is -0.327. The minimum atomic E-state index is -1.70. The van der Waals surface area contributed by atoms with Gasteiger partial charge in [0.25, 0.3) is 0 Å². The molecule has 4 aromatic carbocycles. The molecule has 294 valence electrons. The lowest BCUT2D eigenvalue weighted by atomic mass is 9.97. The fourth-order valence-electron chi connectivity index (χ4n) is 6.10. The van der Waals surface area contributed by atoms with Crippen LogP contribution < -0.4 is 0 Å². The zero-order valence-electron chi connectivity index (χ0n) is 30.0. The number of aliphatic hydroxyl groups is 3. The summed E-state index contributed by atoms with van der Waals surface area (Å²) in [5.41, 5.74) is 0.519. The number of carbonyl (C=O) groups excluding carboxylic acids is 4. The maximum absolute atomic E-state index is 13.8. The highest BCUT2D eigenvalue weighted by Gasteiger charge is 2.54. The van der Waals surface area contributed by atoms with Crippen LogP contribution in [0.25, 0.3) is 0 Å². The van der Waals surface area contributed by atoms with Crippen molar-refractivity contribution >= 4 is 23.9 Å². The lowest BCUT2D eigenvalue weighted by Crippen LogP contribution is -2.64. The topological polar surface area (TPSA) is 203 Å². The first kappa shape index (κ1) is 40.2. The van der Waals surface area contributed by atoms with E-state index in [2.05, 4.69) is 0 Å². The van der Waals surface area contributed by atoms with E-state index in [1.54, 1.807) is 72.8 Å². The van der Waals surface area contributed by atoms with Crippen molar-refractivity contribution in [3.8, 4) is 0 Å². The molecule has 2 saturated heterocycles. The summed E-state index contributed by atoms with van der Waals surface area (Å²) in [6.45, 7) is -1.16. The maximum atomic E-state index is 13.8. The van der Waals surface area contributed by atoms with Gasteiger partial charge in [0.15, 0.2) is 30.9 Å². The van der Waals surface area contributed by atoms with Crippen LogP contribution >= 0.6 is 0 Å². The van der Waals surface area contributed by atoms with Gasteiger partial charge in [0.05, 0.1) is 28.9 Å². The molecule has 2 heterocycles. The number of rotatable bonds is 13. The van der Waals surface area contributed by atoms with Gasteiger partial charge in [-0.2, -0.15) is 0 Å². The van der Waals surface area contributed by atoms with E-state index in [1.165, 1.54) is 55.6 Å². The van der Waals surface area contributed by atoms with E-state index in [0.29, 0.717) is 0 Å². The summed E-state index contributed by atoms with van der Waals surface area (Å²) >= 11 is 0. The molecule has 0 saturated carbocycles. The number of hydrogen-bond donors (Lipinski definition) is 3. The molecule has 0 unspecified atom stereocenters. The molecule has 0 spiro atoms. The number of ether oxygens (including phenoxy) is 8. The molecule has 0 aliphatic carbocycles. The fraction of sp³-hybridized carbons (Fsp3) is 0.317. The van der Waals surface area contributed by atoms with E-state index in [-0.39, 0.29) is 22.3 Å². The molecule has 2 fully saturated rings. The summed E-state index contributed by atoms with van der Waals surface area (Å²) in [4.78, 5) is 54.3. The molecule has 0 radical (unpaired) electrons. The Morgan fingerprint density at radius 3 is 1.36 bits per heavy atom. The van der Waals surface area contributed by atoms with Gasteiger partial charge in [-0.25, -0.2) is 19.2 Å². The number of carbonyl (C=O) groups is 4. The molecular formula is C41H40O15. The first-order valence-corrected chi connectivity index (χ1v) is 17.6. The van der Waals surface area contributed by atoms with Crippen molar-refractivity contribution in [3.63, 3.8) is 0 Å². The van der Waals surface area contributed by atoms with Gasteiger partial charge in [-0.05, 0) is 48.5 Å². The van der Waals surface area contributed by atoms with Crippen LogP contribution in [0, 0.1) is 0 Å². The Bertz CT molecular complexity index is 1890. The van der Waals surface area contributed by atoms with Gasteiger partial charge in [0, 0.05) is 7.11 Å². The Labute approximate surface area is 321 Å². The number of esters is 4. The van der Waals surface area contributed by atoms with E-state index in [1.807, 2.05) is 0 Å². The van der Waals surface area contributed by atoms with Gasteiger partial charge in [0.2, 0.25) is 0 Å². The largest absolute Gasteiger partial charge is 0.459 e. The van der Waals surface area contributed by atoms with E-state index in [0.717, 1.165) is 0 Å². The Morgan fingerprint density at radius 2 is 0.893 bits per heavy atom. The summed E-state index contributed by atoms with van der Waals surface area (Å²) in [5, 5.41) is 31.6. The number of hydrogen-bond acceptors (Lipinski definition) is 15. The van der Waals surface area contributed by atoms with Gasteiger partial charge < -0.3 is 53.2 Å². The Kier molecular flexibility index (Phi) is 13.5. The van der Waals surface area contributed by atoms with Crippen LogP contribution in [0.3, 0.4) is 0 Å². The van der Waals surface area contributed by atoms with E-state index in [4.69, 9.17) is 37.9 Å². The minimum absolute atomic E-state index is 0.0988. The molecule has 0 aromatic heterocycles. The summed E-state index contributed by atoms with van der Waals surface area (Å²) in [6.07, 6.45) is -15.8. The quantitative estimate of drug-likeness (QED) is 0.132. The molecule has 2 aliphatic rings. The van der Waals surface area contributed by atoms with Crippen molar-refractivity contribution < 1.29 is 72.4 Å². The van der Waals surface area contributed by atoms with Crippen molar-refractivity contribution in [2.75, 3.05) is 20.3 Å². The van der Waals surface area contributed by atoms with E-state index >= 15 is 0 Å². The third-order valence-electron chi connectivity index (χ3n) is 9.06. The Balaban J connectivity index is 1.39. The summed E-state index contributed by atoms with van der Waals surface area (Å²) < 4.78 is 46.7. The number of benzene rings is 4. The average Bonchev–Trinajstić information content (AvgIpc) is 3.24. The van der Waals surface area contributed by atoms with Crippen molar-refractivity contribution in [1.29, 1.82) is 0 Å². The zero-order valence-corrected chi connectivity index (χ0v) is 30.0. The molecule has 15 nitrogen and oxygen atoms in total. The maximum Gasteiger partial charge on any atom is 0.338 e. The van der Waals surface area contributed by atoms with Gasteiger partial charge in [-0.15, -0.1) is 0 Å².